The Morgan fingerprint density at radius 1 is 1.35 bits per heavy atom. The van der Waals surface area contributed by atoms with Gasteiger partial charge in [0.2, 0.25) is 0 Å². The van der Waals surface area contributed by atoms with E-state index in [0.29, 0.717) is 25.6 Å². The number of nitrogens with zero attached hydrogens (tertiary/aromatic N) is 2. The molecular formula is C22H32IN5O2S. The Kier molecular flexibility index (Phi) is 10.7. The fourth-order valence-electron chi connectivity index (χ4n) is 3.10. The van der Waals surface area contributed by atoms with Gasteiger partial charge in [0, 0.05) is 24.2 Å². The third-order valence-electron chi connectivity index (χ3n) is 4.75. The monoisotopic (exact) mass is 557 g/mol. The van der Waals surface area contributed by atoms with E-state index in [-0.39, 0.29) is 36.0 Å². The average Bonchev–Trinajstić information content (AvgIpc) is 3.42. The molecule has 31 heavy (non-hydrogen) atoms. The predicted octanol–water partition coefficient (Wildman–Crippen LogP) is 4.26. The fraction of sp³-hybridized carbons (Fsp3) is 0.500. The van der Waals surface area contributed by atoms with Gasteiger partial charge in [-0.2, -0.15) is 0 Å². The number of aliphatic imine (C=N–C) groups is 1. The minimum atomic E-state index is -0.335. The molecule has 3 rings (SSSR count). The smallest absolute Gasteiger partial charge is 0.253 e. The zero-order valence-corrected chi connectivity index (χ0v) is 21.5. The predicted molar refractivity (Wildman–Crippen MR) is 137 cm³/mol. The molecule has 1 saturated heterocycles. The second-order valence-corrected chi connectivity index (χ2v) is 8.50. The van der Waals surface area contributed by atoms with Crippen LogP contribution < -0.4 is 16.0 Å². The number of hydrogen-bond acceptors (Lipinski definition) is 5. The summed E-state index contributed by atoms with van der Waals surface area (Å²) in [5.74, 6) is 1.10. The minimum Gasteiger partial charge on any atom is -0.368 e. The van der Waals surface area contributed by atoms with E-state index in [1.54, 1.807) is 11.3 Å². The lowest BCUT2D eigenvalue weighted by atomic mass is 10.2. The highest BCUT2D eigenvalue weighted by atomic mass is 127. The van der Waals surface area contributed by atoms with Crippen LogP contribution in [0.25, 0.3) is 0 Å². The molecule has 2 heterocycles. The molecule has 9 heteroatoms. The number of carbonyl (C=O) groups excluding carboxylic acids is 1. The maximum absolute atomic E-state index is 12.3. The van der Waals surface area contributed by atoms with Crippen LogP contribution in [0.5, 0.6) is 0 Å². The summed E-state index contributed by atoms with van der Waals surface area (Å²) in [5, 5.41) is 12.7. The third kappa shape index (κ3) is 8.04. The maximum Gasteiger partial charge on any atom is 0.253 e. The summed E-state index contributed by atoms with van der Waals surface area (Å²) in [4.78, 5) is 21.6. The molecule has 0 bridgehead atoms. The first kappa shape index (κ1) is 25.5. The van der Waals surface area contributed by atoms with E-state index in [1.165, 1.54) is 0 Å². The fourth-order valence-corrected chi connectivity index (χ4v) is 3.99. The first-order valence-corrected chi connectivity index (χ1v) is 11.4. The Hall–Kier alpha value is -1.72. The molecule has 7 nitrogen and oxygen atoms in total. The number of halogens is 1. The number of aromatic nitrogens is 1. The molecule has 1 aromatic heterocycles. The quantitative estimate of drug-likeness (QED) is 0.257. The number of carbonyl (C=O) groups is 1. The van der Waals surface area contributed by atoms with E-state index in [4.69, 9.17) is 4.74 Å². The summed E-state index contributed by atoms with van der Waals surface area (Å²) in [5.41, 5.74) is 2.92. The molecule has 0 aliphatic carbocycles. The van der Waals surface area contributed by atoms with Gasteiger partial charge >= 0.3 is 0 Å². The SMILES string of the molecule is CCNC(=NCc1cccc(NC(=O)C2CCCO2)c1)NCc1nc(C(C)C)cs1.I. The highest BCUT2D eigenvalue weighted by Crippen LogP contribution is 2.18. The van der Waals surface area contributed by atoms with Crippen molar-refractivity contribution < 1.29 is 9.53 Å². The van der Waals surface area contributed by atoms with Crippen LogP contribution in [-0.4, -0.2) is 36.1 Å². The van der Waals surface area contributed by atoms with Gasteiger partial charge < -0.3 is 20.7 Å². The van der Waals surface area contributed by atoms with Crippen molar-refractivity contribution in [1.82, 2.24) is 15.6 Å². The summed E-state index contributed by atoms with van der Waals surface area (Å²) in [7, 11) is 0. The molecule has 1 amide bonds. The molecule has 0 spiro atoms. The lowest BCUT2D eigenvalue weighted by molar-refractivity contribution is -0.124. The lowest BCUT2D eigenvalue weighted by Crippen LogP contribution is -2.36. The van der Waals surface area contributed by atoms with Crippen molar-refractivity contribution in [3.63, 3.8) is 0 Å². The van der Waals surface area contributed by atoms with Crippen LogP contribution in [-0.2, 0) is 22.6 Å². The van der Waals surface area contributed by atoms with Gasteiger partial charge in [0.05, 0.1) is 18.8 Å². The van der Waals surface area contributed by atoms with E-state index in [1.807, 2.05) is 31.2 Å². The zero-order chi connectivity index (χ0) is 21.3. The van der Waals surface area contributed by atoms with Crippen molar-refractivity contribution in [1.29, 1.82) is 0 Å². The number of ether oxygens (including phenoxy) is 1. The summed E-state index contributed by atoms with van der Waals surface area (Å²) >= 11 is 1.66. The number of benzene rings is 1. The van der Waals surface area contributed by atoms with Crippen molar-refractivity contribution in [2.45, 2.75) is 58.7 Å². The average molecular weight is 558 g/mol. The van der Waals surface area contributed by atoms with Crippen LogP contribution in [0.15, 0.2) is 34.6 Å². The van der Waals surface area contributed by atoms with Gasteiger partial charge in [0.1, 0.15) is 11.1 Å². The molecule has 2 aromatic rings. The number of thiazole rings is 1. The summed E-state index contributed by atoms with van der Waals surface area (Å²) < 4.78 is 5.45. The molecule has 1 atom stereocenters. The normalized spacial score (nSPS) is 16.1. The number of rotatable bonds is 8. The van der Waals surface area contributed by atoms with E-state index < -0.39 is 0 Å². The van der Waals surface area contributed by atoms with Gasteiger partial charge in [-0.15, -0.1) is 35.3 Å². The Morgan fingerprint density at radius 2 is 2.19 bits per heavy atom. The van der Waals surface area contributed by atoms with Gasteiger partial charge in [0.15, 0.2) is 5.96 Å². The summed E-state index contributed by atoms with van der Waals surface area (Å²) in [6.07, 6.45) is 1.39. The highest BCUT2D eigenvalue weighted by molar-refractivity contribution is 14.0. The maximum atomic E-state index is 12.3. The summed E-state index contributed by atoms with van der Waals surface area (Å²) in [6, 6.07) is 7.78. The van der Waals surface area contributed by atoms with Crippen LogP contribution in [0.1, 0.15) is 55.8 Å². The van der Waals surface area contributed by atoms with Crippen molar-refractivity contribution in [2.24, 2.45) is 4.99 Å². The van der Waals surface area contributed by atoms with Crippen molar-refractivity contribution >= 4 is 52.9 Å². The summed E-state index contributed by atoms with van der Waals surface area (Å²) in [6.45, 7) is 8.92. The van der Waals surface area contributed by atoms with Crippen molar-refractivity contribution in [3.05, 3.63) is 45.9 Å². The Balaban J connectivity index is 0.00000341. The molecule has 1 fully saturated rings. The number of hydrogen-bond donors (Lipinski definition) is 3. The molecular weight excluding hydrogens is 525 g/mol. The Bertz CT molecular complexity index is 865. The molecule has 3 N–H and O–H groups in total. The first-order valence-electron chi connectivity index (χ1n) is 10.5. The molecule has 0 saturated carbocycles. The first-order chi connectivity index (χ1) is 14.5. The second-order valence-electron chi connectivity index (χ2n) is 7.56. The Morgan fingerprint density at radius 3 is 2.87 bits per heavy atom. The van der Waals surface area contributed by atoms with Crippen LogP contribution in [0.4, 0.5) is 5.69 Å². The van der Waals surface area contributed by atoms with E-state index in [0.717, 1.165) is 47.3 Å². The van der Waals surface area contributed by atoms with Gasteiger partial charge in [-0.25, -0.2) is 9.98 Å². The molecule has 170 valence electrons. The van der Waals surface area contributed by atoms with Gasteiger partial charge in [0.25, 0.3) is 5.91 Å². The van der Waals surface area contributed by atoms with Crippen LogP contribution in [0, 0.1) is 0 Å². The molecule has 1 aromatic carbocycles. The van der Waals surface area contributed by atoms with Gasteiger partial charge in [-0.1, -0.05) is 26.0 Å². The molecule has 1 aliphatic rings. The van der Waals surface area contributed by atoms with E-state index >= 15 is 0 Å². The van der Waals surface area contributed by atoms with Gasteiger partial charge in [-0.3, -0.25) is 4.79 Å². The number of nitrogens with one attached hydrogen (secondary N) is 3. The second kappa shape index (κ2) is 13.0. The standard InChI is InChI=1S/C22H31N5O2S.HI/c1-4-23-22(25-13-20-27-18(14-30-20)15(2)3)24-12-16-7-5-8-17(11-16)26-21(28)19-9-6-10-29-19;/h5,7-8,11,14-15,19H,4,6,9-10,12-13H2,1-3H3,(H,26,28)(H2,23,24,25);1H. The number of guanidine groups is 1. The molecule has 1 unspecified atom stereocenters. The van der Waals surface area contributed by atoms with Crippen molar-refractivity contribution in [3.8, 4) is 0 Å². The lowest BCUT2D eigenvalue weighted by Gasteiger charge is -2.12. The van der Waals surface area contributed by atoms with Crippen LogP contribution in [0.3, 0.4) is 0 Å². The van der Waals surface area contributed by atoms with Gasteiger partial charge in [-0.05, 0) is 43.4 Å². The topological polar surface area (TPSA) is 87.6 Å². The van der Waals surface area contributed by atoms with Crippen molar-refractivity contribution in [2.75, 3.05) is 18.5 Å². The van der Waals surface area contributed by atoms with Crippen LogP contribution in [0.2, 0.25) is 0 Å². The largest absolute Gasteiger partial charge is 0.368 e. The number of amides is 1. The highest BCUT2D eigenvalue weighted by Gasteiger charge is 2.23. The Labute approximate surface area is 205 Å². The van der Waals surface area contributed by atoms with E-state index in [9.17, 15) is 4.79 Å². The molecule has 1 aliphatic heterocycles. The number of anilines is 1. The zero-order valence-electron chi connectivity index (χ0n) is 18.3. The van der Waals surface area contributed by atoms with Crippen LogP contribution >= 0.6 is 35.3 Å². The molecule has 0 radical (unpaired) electrons. The van der Waals surface area contributed by atoms with E-state index in [2.05, 4.69) is 45.2 Å². The third-order valence-corrected chi connectivity index (χ3v) is 5.62. The minimum absolute atomic E-state index is 0.